The fraction of sp³-hybridized carbons (Fsp3) is 0.273. The molecule has 0 fully saturated rings. The molecule has 1 aromatic carbocycles. The number of thioether (sulfide) groups is 1. The molecule has 86 valence electrons. The fourth-order valence-electron chi connectivity index (χ4n) is 1.06. The van der Waals surface area contributed by atoms with E-state index in [1.165, 1.54) is 4.90 Å². The maximum atomic E-state index is 11.5. The van der Waals surface area contributed by atoms with E-state index in [0.29, 0.717) is 10.5 Å². The summed E-state index contributed by atoms with van der Waals surface area (Å²) in [7, 11) is 4.92. The van der Waals surface area contributed by atoms with Crippen molar-refractivity contribution in [2.45, 2.75) is 4.90 Å². The first kappa shape index (κ1) is 12.6. The Balaban J connectivity index is 2.95. The van der Waals surface area contributed by atoms with Crippen molar-refractivity contribution in [2.24, 2.45) is 0 Å². The van der Waals surface area contributed by atoms with Crippen LogP contribution in [0.4, 0.5) is 4.79 Å². The Morgan fingerprint density at radius 2 is 1.88 bits per heavy atom. The average Bonchev–Trinajstić information content (AvgIpc) is 2.28. The highest BCUT2D eigenvalue weighted by molar-refractivity contribution is 8.13. The van der Waals surface area contributed by atoms with E-state index in [2.05, 4.69) is 5.32 Å². The molecule has 0 aliphatic carbocycles. The Morgan fingerprint density at radius 1 is 1.25 bits per heavy atom. The lowest BCUT2D eigenvalue weighted by Crippen LogP contribution is -2.20. The number of nitrogens with zero attached hydrogens (tertiary/aromatic N) is 1. The molecule has 4 nitrogen and oxygen atoms in total. The Morgan fingerprint density at radius 3 is 2.44 bits per heavy atom. The highest BCUT2D eigenvalue weighted by Gasteiger charge is 2.13. The summed E-state index contributed by atoms with van der Waals surface area (Å²) in [5.41, 5.74) is 0.519. The molecule has 1 aromatic rings. The van der Waals surface area contributed by atoms with Gasteiger partial charge in [-0.2, -0.15) is 0 Å². The number of hydrogen-bond donors (Lipinski definition) is 1. The van der Waals surface area contributed by atoms with Crippen LogP contribution in [0.2, 0.25) is 0 Å². The van der Waals surface area contributed by atoms with Crippen LogP contribution in [-0.4, -0.2) is 37.2 Å². The van der Waals surface area contributed by atoms with Gasteiger partial charge in [0, 0.05) is 26.0 Å². The molecule has 0 radical (unpaired) electrons. The molecule has 5 heteroatoms. The molecule has 0 aliphatic heterocycles. The molecular weight excluding hydrogens is 224 g/mol. The van der Waals surface area contributed by atoms with E-state index < -0.39 is 0 Å². The van der Waals surface area contributed by atoms with Crippen molar-refractivity contribution in [1.82, 2.24) is 10.2 Å². The van der Waals surface area contributed by atoms with Crippen LogP contribution in [0.1, 0.15) is 10.4 Å². The van der Waals surface area contributed by atoms with Crippen molar-refractivity contribution in [2.75, 3.05) is 21.1 Å². The molecule has 0 saturated heterocycles. The summed E-state index contributed by atoms with van der Waals surface area (Å²) in [6.07, 6.45) is 0. The molecule has 0 unspecified atom stereocenters. The minimum atomic E-state index is -0.186. The highest BCUT2D eigenvalue weighted by Crippen LogP contribution is 2.24. The van der Waals surface area contributed by atoms with Gasteiger partial charge in [0.1, 0.15) is 0 Å². The maximum absolute atomic E-state index is 11.5. The van der Waals surface area contributed by atoms with Gasteiger partial charge in [-0.25, -0.2) is 0 Å². The normalized spacial score (nSPS) is 9.69. The van der Waals surface area contributed by atoms with Crippen LogP contribution in [0.5, 0.6) is 0 Å². The number of nitrogens with one attached hydrogen (secondary N) is 1. The van der Waals surface area contributed by atoms with Gasteiger partial charge in [0.05, 0.1) is 5.56 Å². The average molecular weight is 238 g/mol. The maximum Gasteiger partial charge on any atom is 0.285 e. The molecule has 16 heavy (non-hydrogen) atoms. The van der Waals surface area contributed by atoms with Gasteiger partial charge in [0.2, 0.25) is 0 Å². The van der Waals surface area contributed by atoms with Crippen LogP contribution in [0, 0.1) is 0 Å². The van der Waals surface area contributed by atoms with E-state index in [0.717, 1.165) is 11.8 Å². The van der Waals surface area contributed by atoms with Crippen molar-refractivity contribution in [3.63, 3.8) is 0 Å². The lowest BCUT2D eigenvalue weighted by Gasteiger charge is -2.11. The monoisotopic (exact) mass is 238 g/mol. The van der Waals surface area contributed by atoms with Gasteiger partial charge in [-0.1, -0.05) is 12.1 Å². The number of carbonyl (C=O) groups is 2. The smallest absolute Gasteiger partial charge is 0.285 e. The van der Waals surface area contributed by atoms with Gasteiger partial charge in [-0.15, -0.1) is 0 Å². The fourth-order valence-corrected chi connectivity index (χ4v) is 1.85. The highest BCUT2D eigenvalue weighted by atomic mass is 32.2. The molecule has 0 bridgehead atoms. The molecule has 1 rings (SSSR count). The summed E-state index contributed by atoms with van der Waals surface area (Å²) in [4.78, 5) is 25.2. The molecule has 0 spiro atoms. The second-order valence-corrected chi connectivity index (χ2v) is 4.33. The summed E-state index contributed by atoms with van der Waals surface area (Å²) >= 11 is 1.05. The van der Waals surface area contributed by atoms with Crippen LogP contribution in [-0.2, 0) is 0 Å². The molecule has 0 saturated carbocycles. The van der Waals surface area contributed by atoms with Crippen LogP contribution in [0.3, 0.4) is 0 Å². The summed E-state index contributed by atoms with van der Waals surface area (Å²) in [5, 5.41) is 2.45. The van der Waals surface area contributed by atoms with E-state index in [-0.39, 0.29) is 11.1 Å². The van der Waals surface area contributed by atoms with Crippen molar-refractivity contribution in [1.29, 1.82) is 0 Å². The van der Waals surface area contributed by atoms with Crippen LogP contribution >= 0.6 is 11.8 Å². The number of hydrogen-bond acceptors (Lipinski definition) is 3. The zero-order valence-corrected chi connectivity index (χ0v) is 10.3. The number of amides is 2. The third-order valence-electron chi connectivity index (χ3n) is 1.92. The predicted octanol–water partition coefficient (Wildman–Crippen LogP) is 1.82. The largest absolute Gasteiger partial charge is 0.355 e. The first-order chi connectivity index (χ1) is 7.56. The number of rotatable bonds is 2. The Bertz CT molecular complexity index is 405. The SMILES string of the molecule is CNC(=O)c1ccccc1SC(=O)N(C)C. The van der Waals surface area contributed by atoms with Gasteiger partial charge in [-0.05, 0) is 23.9 Å². The van der Waals surface area contributed by atoms with E-state index in [4.69, 9.17) is 0 Å². The van der Waals surface area contributed by atoms with Crippen LogP contribution in [0.25, 0.3) is 0 Å². The molecule has 0 aromatic heterocycles. The minimum absolute atomic E-state index is 0.101. The van der Waals surface area contributed by atoms with E-state index >= 15 is 0 Å². The zero-order valence-electron chi connectivity index (χ0n) is 9.48. The first-order valence-electron chi connectivity index (χ1n) is 4.76. The predicted molar refractivity (Wildman–Crippen MR) is 64.8 cm³/mol. The standard InChI is InChI=1S/C11H14N2O2S/c1-12-10(14)8-6-4-5-7-9(8)16-11(15)13(2)3/h4-7H,1-3H3,(H,12,14). The summed E-state index contributed by atoms with van der Waals surface area (Å²) in [6.45, 7) is 0. The van der Waals surface area contributed by atoms with Crippen LogP contribution in [0.15, 0.2) is 29.2 Å². The zero-order chi connectivity index (χ0) is 12.1. The van der Waals surface area contributed by atoms with Crippen molar-refractivity contribution < 1.29 is 9.59 Å². The molecule has 2 amide bonds. The molecular formula is C11H14N2O2S. The van der Waals surface area contributed by atoms with Gasteiger partial charge in [-0.3, -0.25) is 9.59 Å². The molecule has 0 atom stereocenters. The van der Waals surface area contributed by atoms with Gasteiger partial charge in [0.25, 0.3) is 11.1 Å². The lowest BCUT2D eigenvalue weighted by atomic mass is 10.2. The van der Waals surface area contributed by atoms with Crippen LogP contribution < -0.4 is 5.32 Å². The third kappa shape index (κ3) is 3.00. The van der Waals surface area contributed by atoms with E-state index in [9.17, 15) is 9.59 Å². The first-order valence-corrected chi connectivity index (χ1v) is 5.58. The Labute approximate surface area is 99.0 Å². The summed E-state index contributed by atoms with van der Waals surface area (Å²) < 4.78 is 0. The van der Waals surface area contributed by atoms with Gasteiger partial charge in [0.15, 0.2) is 0 Å². The second-order valence-electron chi connectivity index (χ2n) is 3.34. The van der Waals surface area contributed by atoms with E-state index in [1.54, 1.807) is 45.4 Å². The molecule has 1 N–H and O–H groups in total. The van der Waals surface area contributed by atoms with Gasteiger partial charge >= 0.3 is 0 Å². The van der Waals surface area contributed by atoms with Crippen molar-refractivity contribution in [3.05, 3.63) is 29.8 Å². The quantitative estimate of drug-likeness (QED) is 0.800. The Hall–Kier alpha value is -1.49. The summed E-state index contributed by atoms with van der Waals surface area (Å²) in [6, 6.07) is 7.03. The number of carbonyl (C=O) groups excluding carboxylic acids is 2. The molecule has 0 aliphatic rings. The Kier molecular flexibility index (Phi) is 4.37. The van der Waals surface area contributed by atoms with E-state index in [1.807, 2.05) is 0 Å². The second kappa shape index (κ2) is 5.55. The summed E-state index contributed by atoms with van der Waals surface area (Å²) in [5.74, 6) is -0.186. The van der Waals surface area contributed by atoms with Crippen molar-refractivity contribution >= 4 is 22.9 Å². The lowest BCUT2D eigenvalue weighted by molar-refractivity contribution is 0.0960. The third-order valence-corrected chi connectivity index (χ3v) is 3.04. The molecule has 0 heterocycles. The number of benzene rings is 1. The van der Waals surface area contributed by atoms with Crippen molar-refractivity contribution in [3.8, 4) is 0 Å². The topological polar surface area (TPSA) is 49.4 Å². The minimum Gasteiger partial charge on any atom is -0.355 e. The van der Waals surface area contributed by atoms with Gasteiger partial charge < -0.3 is 10.2 Å².